The number of phenolic OH excluding ortho intramolecular Hbond substituents is 1. The summed E-state index contributed by atoms with van der Waals surface area (Å²) in [6, 6.07) is 64.9. The SMILES string of the molecule is Oc1cc2cc(N(c3ccccc3)c3ccccc3)ccc2cc1-c1ccc(N(c2ccccc2)c2cccc3ccccc23)cc1. The Balaban J connectivity index is 1.17. The van der Waals surface area contributed by atoms with Crippen LogP contribution in [-0.4, -0.2) is 5.11 Å². The van der Waals surface area contributed by atoms with Crippen molar-refractivity contribution < 1.29 is 5.11 Å². The molecule has 0 atom stereocenters. The Morgan fingerprint density at radius 3 is 1.53 bits per heavy atom. The first-order valence-corrected chi connectivity index (χ1v) is 15.8. The Kier molecular flexibility index (Phi) is 7.33. The molecule has 0 bridgehead atoms. The van der Waals surface area contributed by atoms with Crippen molar-refractivity contribution in [2.45, 2.75) is 0 Å². The minimum absolute atomic E-state index is 0.252. The average Bonchev–Trinajstić information content (AvgIpc) is 3.13. The Labute approximate surface area is 274 Å². The van der Waals surface area contributed by atoms with Gasteiger partial charge in [-0.25, -0.2) is 0 Å². The van der Waals surface area contributed by atoms with Crippen molar-refractivity contribution >= 4 is 55.7 Å². The van der Waals surface area contributed by atoms with Crippen LogP contribution in [0.4, 0.5) is 34.1 Å². The van der Waals surface area contributed by atoms with Crippen LogP contribution in [0, 0.1) is 0 Å². The van der Waals surface area contributed by atoms with Gasteiger partial charge in [-0.15, -0.1) is 0 Å². The van der Waals surface area contributed by atoms with E-state index in [4.69, 9.17) is 0 Å². The second-order valence-electron chi connectivity index (χ2n) is 11.6. The van der Waals surface area contributed by atoms with E-state index in [0.29, 0.717) is 0 Å². The standard InChI is InChI=1S/C44H32N2O/c47-44-31-35-29-40(45(36-15-4-1-5-16-36)37-17-6-2-7-18-37)28-25-34(35)30-42(44)33-23-26-39(27-24-33)46(38-19-8-3-9-20-38)43-22-12-14-32-13-10-11-21-41(32)43/h1-31,47H. The van der Waals surface area contributed by atoms with E-state index in [1.807, 2.05) is 24.3 Å². The van der Waals surface area contributed by atoms with Gasteiger partial charge in [0, 0.05) is 39.4 Å². The number of hydrogen-bond acceptors (Lipinski definition) is 3. The smallest absolute Gasteiger partial charge is 0.124 e. The van der Waals surface area contributed by atoms with Gasteiger partial charge in [-0.1, -0.05) is 109 Å². The molecule has 0 amide bonds. The van der Waals surface area contributed by atoms with Crippen molar-refractivity contribution in [3.8, 4) is 16.9 Å². The molecule has 224 valence electrons. The molecule has 3 heteroatoms. The number of fused-ring (bicyclic) bond motifs is 2. The number of rotatable bonds is 7. The number of para-hydroxylation sites is 3. The second-order valence-corrected chi connectivity index (χ2v) is 11.6. The number of aromatic hydroxyl groups is 1. The third-order valence-corrected chi connectivity index (χ3v) is 8.68. The summed E-state index contributed by atoms with van der Waals surface area (Å²) in [6.45, 7) is 0. The minimum Gasteiger partial charge on any atom is -0.507 e. The summed E-state index contributed by atoms with van der Waals surface area (Å²) in [5.74, 6) is 0.252. The van der Waals surface area contributed by atoms with Crippen LogP contribution >= 0.6 is 0 Å². The molecule has 0 radical (unpaired) electrons. The Morgan fingerprint density at radius 2 is 0.872 bits per heavy atom. The molecular formula is C44H32N2O. The zero-order valence-corrected chi connectivity index (χ0v) is 25.7. The maximum absolute atomic E-state index is 11.4. The largest absolute Gasteiger partial charge is 0.507 e. The number of anilines is 6. The molecule has 8 aromatic carbocycles. The average molecular weight is 605 g/mol. The van der Waals surface area contributed by atoms with Gasteiger partial charge in [0.2, 0.25) is 0 Å². The van der Waals surface area contributed by atoms with Gasteiger partial charge in [-0.05, 0) is 101 Å². The lowest BCUT2D eigenvalue weighted by Crippen LogP contribution is -2.10. The Morgan fingerprint density at radius 1 is 0.340 bits per heavy atom. The van der Waals surface area contributed by atoms with Crippen molar-refractivity contribution in [3.63, 3.8) is 0 Å². The zero-order chi connectivity index (χ0) is 31.6. The van der Waals surface area contributed by atoms with E-state index < -0.39 is 0 Å². The van der Waals surface area contributed by atoms with E-state index in [-0.39, 0.29) is 5.75 Å². The molecule has 0 spiro atoms. The second kappa shape index (κ2) is 12.2. The first kappa shape index (κ1) is 28.2. The summed E-state index contributed by atoms with van der Waals surface area (Å²) >= 11 is 0. The predicted molar refractivity (Wildman–Crippen MR) is 198 cm³/mol. The van der Waals surface area contributed by atoms with Crippen LogP contribution in [0.3, 0.4) is 0 Å². The highest BCUT2D eigenvalue weighted by molar-refractivity contribution is 5.99. The molecule has 8 aromatic rings. The molecule has 0 saturated carbocycles. The van der Waals surface area contributed by atoms with E-state index in [2.05, 4.69) is 174 Å². The lowest BCUT2D eigenvalue weighted by molar-refractivity contribution is 0.478. The van der Waals surface area contributed by atoms with Crippen LogP contribution in [0.5, 0.6) is 5.75 Å². The quantitative estimate of drug-likeness (QED) is 0.196. The van der Waals surface area contributed by atoms with Gasteiger partial charge in [0.15, 0.2) is 0 Å². The highest BCUT2D eigenvalue weighted by Crippen LogP contribution is 2.42. The fourth-order valence-corrected chi connectivity index (χ4v) is 6.44. The normalized spacial score (nSPS) is 11.1. The molecule has 0 aromatic heterocycles. The molecule has 1 N–H and O–H groups in total. The molecule has 0 aliphatic heterocycles. The number of phenols is 1. The van der Waals surface area contributed by atoms with Crippen LogP contribution < -0.4 is 9.80 Å². The Bertz CT molecular complexity index is 2260. The number of nitrogens with zero attached hydrogens (tertiary/aromatic N) is 2. The van der Waals surface area contributed by atoms with E-state index in [9.17, 15) is 5.11 Å². The highest BCUT2D eigenvalue weighted by Gasteiger charge is 2.17. The third kappa shape index (κ3) is 5.45. The zero-order valence-electron chi connectivity index (χ0n) is 25.7. The predicted octanol–water partition coefficient (Wildman–Crippen LogP) is 12.3. The molecule has 0 fully saturated rings. The minimum atomic E-state index is 0.252. The summed E-state index contributed by atoms with van der Waals surface area (Å²) in [5.41, 5.74) is 8.19. The molecule has 47 heavy (non-hydrogen) atoms. The van der Waals surface area contributed by atoms with Gasteiger partial charge < -0.3 is 14.9 Å². The summed E-state index contributed by atoms with van der Waals surface area (Å²) in [7, 11) is 0. The van der Waals surface area contributed by atoms with Crippen molar-refractivity contribution in [2.24, 2.45) is 0 Å². The summed E-state index contributed by atoms with van der Waals surface area (Å²) in [6.07, 6.45) is 0. The summed E-state index contributed by atoms with van der Waals surface area (Å²) in [4.78, 5) is 4.52. The molecule has 8 rings (SSSR count). The third-order valence-electron chi connectivity index (χ3n) is 8.68. The van der Waals surface area contributed by atoms with Crippen molar-refractivity contribution in [2.75, 3.05) is 9.80 Å². The van der Waals surface area contributed by atoms with Crippen LogP contribution in [0.25, 0.3) is 32.7 Å². The maximum atomic E-state index is 11.4. The van der Waals surface area contributed by atoms with Gasteiger partial charge in [0.1, 0.15) is 5.75 Å². The molecule has 3 nitrogen and oxygen atoms in total. The van der Waals surface area contributed by atoms with Gasteiger partial charge in [0.05, 0.1) is 5.69 Å². The van der Waals surface area contributed by atoms with Crippen LogP contribution in [-0.2, 0) is 0 Å². The van der Waals surface area contributed by atoms with Crippen molar-refractivity contribution in [1.29, 1.82) is 0 Å². The highest BCUT2D eigenvalue weighted by atomic mass is 16.3. The molecule has 0 heterocycles. The fraction of sp³-hybridized carbons (Fsp3) is 0. The fourth-order valence-electron chi connectivity index (χ4n) is 6.44. The first-order chi connectivity index (χ1) is 23.2. The lowest BCUT2D eigenvalue weighted by Gasteiger charge is -2.27. The summed E-state index contributed by atoms with van der Waals surface area (Å²) < 4.78 is 0. The monoisotopic (exact) mass is 604 g/mol. The molecular weight excluding hydrogens is 572 g/mol. The number of benzene rings is 8. The molecule has 0 saturated heterocycles. The van der Waals surface area contributed by atoms with E-state index in [0.717, 1.165) is 56.0 Å². The first-order valence-electron chi connectivity index (χ1n) is 15.8. The van der Waals surface area contributed by atoms with Crippen LogP contribution in [0.2, 0.25) is 0 Å². The van der Waals surface area contributed by atoms with Crippen LogP contribution in [0.1, 0.15) is 0 Å². The van der Waals surface area contributed by atoms with Crippen LogP contribution in [0.15, 0.2) is 188 Å². The van der Waals surface area contributed by atoms with Crippen molar-refractivity contribution in [1.82, 2.24) is 0 Å². The molecule has 0 aliphatic rings. The van der Waals surface area contributed by atoms with Gasteiger partial charge in [-0.2, -0.15) is 0 Å². The van der Waals surface area contributed by atoms with E-state index >= 15 is 0 Å². The summed E-state index contributed by atoms with van der Waals surface area (Å²) in [5, 5.41) is 15.8. The Hall–Kier alpha value is -6.32. The van der Waals surface area contributed by atoms with E-state index in [1.165, 1.54) is 10.8 Å². The van der Waals surface area contributed by atoms with Gasteiger partial charge in [0.25, 0.3) is 0 Å². The van der Waals surface area contributed by atoms with E-state index in [1.54, 1.807) is 0 Å². The topological polar surface area (TPSA) is 26.7 Å². The molecule has 0 aliphatic carbocycles. The number of hydrogen-bond donors (Lipinski definition) is 1. The van der Waals surface area contributed by atoms with Crippen molar-refractivity contribution in [3.05, 3.63) is 188 Å². The van der Waals surface area contributed by atoms with Gasteiger partial charge >= 0.3 is 0 Å². The lowest BCUT2D eigenvalue weighted by atomic mass is 9.98. The molecule has 0 unspecified atom stereocenters. The maximum Gasteiger partial charge on any atom is 0.124 e. The van der Waals surface area contributed by atoms with Gasteiger partial charge in [-0.3, -0.25) is 0 Å².